The van der Waals surface area contributed by atoms with Gasteiger partial charge < -0.3 is 14.3 Å². The first kappa shape index (κ1) is 22.8. The van der Waals surface area contributed by atoms with Gasteiger partial charge in [-0.1, -0.05) is 45.9 Å². The van der Waals surface area contributed by atoms with Crippen molar-refractivity contribution in [2.24, 2.45) is 5.34 Å². The number of alkyl carbamates (subject to hydrolysis) is 1. The molecule has 0 aliphatic carbocycles. The highest BCUT2D eigenvalue weighted by molar-refractivity contribution is 8.76. The molecule has 1 unspecified atom stereocenters. The molecular formula is C19H22N2O6S2. The van der Waals surface area contributed by atoms with Crippen molar-refractivity contribution >= 4 is 44.4 Å². The quantitative estimate of drug-likeness (QED) is 0.240. The van der Waals surface area contributed by atoms with Crippen LogP contribution in [0, 0.1) is 4.91 Å². The number of hydrogen-bond acceptors (Lipinski definition) is 9. The molecule has 0 aromatic heterocycles. The van der Waals surface area contributed by atoms with Crippen LogP contribution in [-0.2, 0) is 14.4 Å². The smallest absolute Gasteiger partial charge is 0.413 e. The fourth-order valence-electron chi connectivity index (χ4n) is 2.43. The Labute approximate surface area is 176 Å². The Kier molecular flexibility index (Phi) is 9.58. The van der Waals surface area contributed by atoms with Crippen LogP contribution in [0.3, 0.4) is 0 Å². The van der Waals surface area contributed by atoms with E-state index in [0.717, 1.165) is 22.1 Å². The molecule has 2 aromatic rings. The van der Waals surface area contributed by atoms with E-state index in [4.69, 9.17) is 9.47 Å². The number of methoxy groups -OCH3 is 1. The maximum Gasteiger partial charge on any atom is 0.413 e. The first-order valence-electron chi connectivity index (χ1n) is 8.79. The lowest BCUT2D eigenvalue weighted by Gasteiger charge is -2.13. The van der Waals surface area contributed by atoms with Crippen molar-refractivity contribution in [1.82, 2.24) is 5.32 Å². The Bertz CT molecular complexity index is 849. The minimum Gasteiger partial charge on any atom is -0.497 e. The first-order valence-corrected chi connectivity index (χ1v) is 11.3. The summed E-state index contributed by atoms with van der Waals surface area (Å²) in [5.41, 5.74) is 0.798. The van der Waals surface area contributed by atoms with Crippen molar-refractivity contribution in [2.75, 3.05) is 31.8 Å². The number of imide groups is 1. The predicted molar refractivity (Wildman–Crippen MR) is 115 cm³/mol. The molecule has 0 bridgehead atoms. The minimum absolute atomic E-state index is 0.162. The molecule has 2 aromatic carbocycles. The Balaban J connectivity index is 1.77. The van der Waals surface area contributed by atoms with Gasteiger partial charge in [-0.15, -0.1) is 4.91 Å². The SMILES string of the molecule is COc1ccc2cc(C(C)C(=O)NC(=O)OCCSSCCON=O)ccc2c1. The van der Waals surface area contributed by atoms with E-state index in [1.165, 1.54) is 21.6 Å². The maximum atomic E-state index is 12.3. The molecule has 0 aliphatic rings. The minimum atomic E-state index is -0.772. The van der Waals surface area contributed by atoms with E-state index in [9.17, 15) is 14.5 Å². The number of ether oxygens (including phenoxy) is 2. The second kappa shape index (κ2) is 12.2. The average molecular weight is 439 g/mol. The molecule has 0 saturated carbocycles. The zero-order chi connectivity index (χ0) is 21.1. The van der Waals surface area contributed by atoms with Gasteiger partial charge in [0, 0.05) is 11.5 Å². The van der Waals surface area contributed by atoms with E-state index in [1.54, 1.807) is 14.0 Å². The molecule has 1 atom stereocenters. The molecule has 8 nitrogen and oxygen atoms in total. The van der Waals surface area contributed by atoms with Crippen LogP contribution in [0.4, 0.5) is 4.79 Å². The monoisotopic (exact) mass is 438 g/mol. The lowest BCUT2D eigenvalue weighted by Crippen LogP contribution is -2.34. The lowest BCUT2D eigenvalue weighted by molar-refractivity contribution is -0.121. The van der Waals surface area contributed by atoms with E-state index >= 15 is 0 Å². The second-order valence-electron chi connectivity index (χ2n) is 5.87. The van der Waals surface area contributed by atoms with Gasteiger partial charge in [-0.05, 0) is 35.4 Å². The van der Waals surface area contributed by atoms with Crippen LogP contribution < -0.4 is 10.1 Å². The van der Waals surface area contributed by atoms with Gasteiger partial charge in [0.2, 0.25) is 5.91 Å². The van der Waals surface area contributed by atoms with E-state index in [0.29, 0.717) is 11.5 Å². The number of rotatable bonds is 11. The molecule has 0 aliphatic heterocycles. The molecule has 156 valence electrons. The molecule has 0 heterocycles. The third kappa shape index (κ3) is 7.47. The molecule has 0 radical (unpaired) electrons. The number of hydrogen-bond donors (Lipinski definition) is 1. The molecule has 1 N–H and O–H groups in total. The summed E-state index contributed by atoms with van der Waals surface area (Å²) in [4.78, 5) is 38.2. The molecule has 0 saturated heterocycles. The molecule has 0 spiro atoms. The number of carbonyl (C=O) groups excluding carboxylic acids is 2. The Morgan fingerprint density at radius 2 is 1.76 bits per heavy atom. The average Bonchev–Trinajstić information content (AvgIpc) is 2.74. The Morgan fingerprint density at radius 3 is 2.48 bits per heavy atom. The van der Waals surface area contributed by atoms with Crippen molar-refractivity contribution in [3.05, 3.63) is 46.9 Å². The van der Waals surface area contributed by atoms with Crippen molar-refractivity contribution in [3.63, 3.8) is 0 Å². The van der Waals surface area contributed by atoms with Gasteiger partial charge in [-0.3, -0.25) is 10.1 Å². The van der Waals surface area contributed by atoms with Crippen LogP contribution >= 0.6 is 21.6 Å². The van der Waals surface area contributed by atoms with Gasteiger partial charge in [-0.2, -0.15) is 0 Å². The highest BCUT2D eigenvalue weighted by Gasteiger charge is 2.18. The summed E-state index contributed by atoms with van der Waals surface area (Å²) < 4.78 is 10.2. The number of nitrogens with zero attached hydrogens (tertiary/aromatic N) is 1. The fraction of sp³-hybridized carbons (Fsp3) is 0.368. The predicted octanol–water partition coefficient (Wildman–Crippen LogP) is 4.28. The van der Waals surface area contributed by atoms with Gasteiger partial charge in [0.1, 0.15) is 19.0 Å². The summed E-state index contributed by atoms with van der Waals surface area (Å²) in [6.07, 6.45) is -0.772. The van der Waals surface area contributed by atoms with Crippen LogP contribution in [0.1, 0.15) is 18.4 Å². The lowest BCUT2D eigenvalue weighted by atomic mass is 9.97. The van der Waals surface area contributed by atoms with Crippen molar-refractivity contribution in [3.8, 4) is 5.75 Å². The van der Waals surface area contributed by atoms with Crippen LogP contribution in [0.25, 0.3) is 10.8 Å². The van der Waals surface area contributed by atoms with Crippen LogP contribution in [0.2, 0.25) is 0 Å². The molecule has 0 fully saturated rings. The number of nitrogens with one attached hydrogen (secondary N) is 1. The number of benzene rings is 2. The Hall–Kier alpha value is -2.46. The van der Waals surface area contributed by atoms with E-state index < -0.39 is 17.9 Å². The summed E-state index contributed by atoms with van der Waals surface area (Å²) in [5.74, 6) is 0.970. The van der Waals surface area contributed by atoms with Crippen LogP contribution in [-0.4, -0.2) is 43.8 Å². The van der Waals surface area contributed by atoms with Crippen molar-refractivity contribution in [1.29, 1.82) is 0 Å². The molecule has 2 rings (SSSR count). The molecule has 2 amide bonds. The second-order valence-corrected chi connectivity index (χ2v) is 8.57. The van der Waals surface area contributed by atoms with Gasteiger partial charge in [-0.25, -0.2) is 4.79 Å². The van der Waals surface area contributed by atoms with Crippen LogP contribution in [0.5, 0.6) is 5.75 Å². The molecule has 29 heavy (non-hydrogen) atoms. The third-order valence-electron chi connectivity index (χ3n) is 3.98. The van der Waals surface area contributed by atoms with Gasteiger partial charge in [0.05, 0.1) is 13.0 Å². The van der Waals surface area contributed by atoms with Gasteiger partial charge in [0.15, 0.2) is 5.34 Å². The molecule has 10 heteroatoms. The van der Waals surface area contributed by atoms with E-state index in [2.05, 4.69) is 15.5 Å². The summed E-state index contributed by atoms with van der Waals surface area (Å²) in [5, 5.41) is 6.54. The van der Waals surface area contributed by atoms with Gasteiger partial charge >= 0.3 is 6.09 Å². The third-order valence-corrected chi connectivity index (χ3v) is 6.32. The fourth-order valence-corrected chi connectivity index (χ4v) is 4.07. The first-order chi connectivity index (χ1) is 14.0. The highest BCUT2D eigenvalue weighted by atomic mass is 33.1. The zero-order valence-electron chi connectivity index (χ0n) is 16.1. The number of fused-ring (bicyclic) bond motifs is 1. The summed E-state index contributed by atoms with van der Waals surface area (Å²) in [6, 6.07) is 11.4. The topological polar surface area (TPSA) is 103 Å². The maximum absolute atomic E-state index is 12.3. The Morgan fingerprint density at radius 1 is 1.07 bits per heavy atom. The van der Waals surface area contributed by atoms with Crippen LogP contribution in [0.15, 0.2) is 41.7 Å². The largest absolute Gasteiger partial charge is 0.497 e. The summed E-state index contributed by atoms with van der Waals surface area (Å²) in [7, 11) is 4.55. The number of carbonyl (C=O) groups is 2. The van der Waals surface area contributed by atoms with Crippen molar-refractivity contribution in [2.45, 2.75) is 12.8 Å². The van der Waals surface area contributed by atoms with E-state index in [-0.39, 0.29) is 13.2 Å². The van der Waals surface area contributed by atoms with Crippen molar-refractivity contribution < 1.29 is 23.9 Å². The van der Waals surface area contributed by atoms with E-state index in [1.807, 2.05) is 36.4 Å². The summed E-state index contributed by atoms with van der Waals surface area (Å²) >= 11 is 0. The summed E-state index contributed by atoms with van der Waals surface area (Å²) in [6.45, 7) is 2.13. The zero-order valence-corrected chi connectivity index (χ0v) is 17.7. The molecular weight excluding hydrogens is 416 g/mol. The van der Waals surface area contributed by atoms with Gasteiger partial charge in [0.25, 0.3) is 0 Å². The number of amides is 2. The standard InChI is InChI=1S/C19H22N2O6S2/c1-13(14-3-4-16-12-17(25-2)6-5-15(16)11-14)18(22)20-19(23)26-7-9-28-29-10-8-27-21-24/h3-6,11-13H,7-10H2,1-2H3,(H,20,22,23). The highest BCUT2D eigenvalue weighted by Crippen LogP contribution is 2.25. The normalized spacial score (nSPS) is 11.5.